The fourth-order valence-electron chi connectivity index (χ4n) is 3.02. The van der Waals surface area contributed by atoms with Gasteiger partial charge in [0.1, 0.15) is 0 Å². The SMILES string of the molecule is Cc1ccc(C(CC(=O)OC(C)C)NC(=O)c2nn(-c3ccccc3)nc2C)cc1. The molecule has 0 bridgehead atoms. The summed E-state index contributed by atoms with van der Waals surface area (Å²) in [5.74, 6) is -0.766. The van der Waals surface area contributed by atoms with E-state index in [0.29, 0.717) is 5.69 Å². The van der Waals surface area contributed by atoms with E-state index in [-0.39, 0.29) is 24.2 Å². The molecule has 0 fully saturated rings. The van der Waals surface area contributed by atoms with Gasteiger partial charge in [-0.05, 0) is 45.4 Å². The van der Waals surface area contributed by atoms with Crippen molar-refractivity contribution in [1.29, 1.82) is 0 Å². The van der Waals surface area contributed by atoms with Gasteiger partial charge in [-0.3, -0.25) is 9.59 Å². The number of hydrogen-bond acceptors (Lipinski definition) is 5. The fourth-order valence-corrected chi connectivity index (χ4v) is 3.02. The molecule has 0 spiro atoms. The second-order valence-corrected chi connectivity index (χ2v) is 7.44. The number of carbonyl (C=O) groups is 2. The number of nitrogens with zero attached hydrogens (tertiary/aromatic N) is 3. The highest BCUT2D eigenvalue weighted by Crippen LogP contribution is 2.20. The minimum absolute atomic E-state index is 0.0266. The second kappa shape index (κ2) is 9.35. The Kier molecular flexibility index (Phi) is 6.61. The van der Waals surface area contributed by atoms with Crippen LogP contribution in [0.5, 0.6) is 0 Å². The van der Waals surface area contributed by atoms with Gasteiger partial charge in [-0.25, -0.2) is 0 Å². The number of para-hydroxylation sites is 1. The van der Waals surface area contributed by atoms with E-state index in [1.807, 2.05) is 61.5 Å². The molecule has 30 heavy (non-hydrogen) atoms. The number of aromatic nitrogens is 3. The average Bonchev–Trinajstić information content (AvgIpc) is 3.10. The Morgan fingerprint density at radius 1 is 1.00 bits per heavy atom. The Morgan fingerprint density at radius 2 is 1.67 bits per heavy atom. The molecule has 0 aliphatic heterocycles. The number of nitrogens with one attached hydrogen (secondary N) is 1. The first-order valence-corrected chi connectivity index (χ1v) is 9.89. The third kappa shape index (κ3) is 5.31. The maximum Gasteiger partial charge on any atom is 0.308 e. The van der Waals surface area contributed by atoms with E-state index in [1.165, 1.54) is 4.80 Å². The molecule has 3 rings (SSSR count). The molecule has 1 N–H and O–H groups in total. The zero-order valence-corrected chi connectivity index (χ0v) is 17.6. The van der Waals surface area contributed by atoms with E-state index in [2.05, 4.69) is 15.5 Å². The van der Waals surface area contributed by atoms with Crippen LogP contribution in [0.15, 0.2) is 54.6 Å². The molecule has 2 aromatic carbocycles. The summed E-state index contributed by atoms with van der Waals surface area (Å²) in [7, 11) is 0. The van der Waals surface area contributed by atoms with Crippen molar-refractivity contribution < 1.29 is 14.3 Å². The van der Waals surface area contributed by atoms with Crippen molar-refractivity contribution in [2.45, 2.75) is 46.3 Å². The zero-order chi connectivity index (χ0) is 21.7. The standard InChI is InChI=1S/C23H26N4O3/c1-15(2)30-21(28)14-20(18-12-10-16(3)11-13-18)24-23(29)22-17(4)25-27(26-22)19-8-6-5-7-9-19/h5-13,15,20H,14H2,1-4H3,(H,24,29). The van der Waals surface area contributed by atoms with Crippen molar-refractivity contribution in [2.24, 2.45) is 0 Å². The van der Waals surface area contributed by atoms with Crippen LogP contribution in [0.1, 0.15) is 53.6 Å². The Bertz CT molecular complexity index is 1010. The molecule has 0 radical (unpaired) electrons. The third-order valence-electron chi connectivity index (χ3n) is 4.51. The van der Waals surface area contributed by atoms with Crippen molar-refractivity contribution in [3.63, 3.8) is 0 Å². The summed E-state index contributed by atoms with van der Waals surface area (Å²) in [6, 6.07) is 16.5. The van der Waals surface area contributed by atoms with E-state index < -0.39 is 11.9 Å². The normalized spacial score (nSPS) is 11.9. The van der Waals surface area contributed by atoms with Gasteiger partial charge in [0.05, 0.1) is 29.9 Å². The molecule has 0 saturated carbocycles. The lowest BCUT2D eigenvalue weighted by atomic mass is 10.0. The minimum atomic E-state index is -0.536. The molecule has 1 aromatic heterocycles. The molecule has 7 heteroatoms. The molecule has 0 saturated heterocycles. The number of hydrogen-bond donors (Lipinski definition) is 1. The number of aryl methyl sites for hydroxylation is 2. The second-order valence-electron chi connectivity index (χ2n) is 7.44. The van der Waals surface area contributed by atoms with E-state index in [0.717, 1.165) is 16.8 Å². The Hall–Kier alpha value is -3.48. The van der Waals surface area contributed by atoms with Gasteiger partial charge < -0.3 is 10.1 Å². The van der Waals surface area contributed by atoms with Crippen LogP contribution >= 0.6 is 0 Å². The smallest absolute Gasteiger partial charge is 0.308 e. The van der Waals surface area contributed by atoms with Gasteiger partial charge in [-0.1, -0.05) is 48.0 Å². The largest absolute Gasteiger partial charge is 0.463 e. The molecule has 1 heterocycles. The van der Waals surface area contributed by atoms with Gasteiger partial charge in [0.2, 0.25) is 0 Å². The van der Waals surface area contributed by atoms with Crippen LogP contribution in [0.2, 0.25) is 0 Å². The quantitative estimate of drug-likeness (QED) is 0.605. The van der Waals surface area contributed by atoms with Crippen LogP contribution < -0.4 is 5.32 Å². The summed E-state index contributed by atoms with van der Waals surface area (Å²) < 4.78 is 5.28. The summed E-state index contributed by atoms with van der Waals surface area (Å²) in [4.78, 5) is 26.7. The molecule has 156 valence electrons. The molecule has 1 unspecified atom stereocenters. The van der Waals surface area contributed by atoms with Crippen LogP contribution in [0, 0.1) is 13.8 Å². The monoisotopic (exact) mass is 406 g/mol. The van der Waals surface area contributed by atoms with Crippen LogP contribution in [-0.2, 0) is 9.53 Å². The lowest BCUT2D eigenvalue weighted by Crippen LogP contribution is -2.31. The van der Waals surface area contributed by atoms with Gasteiger partial charge in [0.15, 0.2) is 5.69 Å². The van der Waals surface area contributed by atoms with Crippen molar-refractivity contribution in [3.8, 4) is 5.69 Å². The first kappa shape index (κ1) is 21.2. The molecule has 3 aromatic rings. The Labute approximate surface area is 176 Å². The van der Waals surface area contributed by atoms with E-state index in [4.69, 9.17) is 4.74 Å². The maximum atomic E-state index is 13.0. The van der Waals surface area contributed by atoms with Crippen LogP contribution in [0.3, 0.4) is 0 Å². The number of rotatable bonds is 7. The Morgan fingerprint density at radius 3 is 2.30 bits per heavy atom. The molecule has 1 atom stereocenters. The van der Waals surface area contributed by atoms with Gasteiger partial charge in [0, 0.05) is 0 Å². The van der Waals surface area contributed by atoms with E-state index in [1.54, 1.807) is 20.8 Å². The predicted molar refractivity (Wildman–Crippen MR) is 113 cm³/mol. The van der Waals surface area contributed by atoms with Crippen LogP contribution in [0.4, 0.5) is 0 Å². The first-order valence-electron chi connectivity index (χ1n) is 9.89. The average molecular weight is 406 g/mol. The number of amides is 1. The van der Waals surface area contributed by atoms with Gasteiger partial charge in [-0.15, -0.1) is 5.10 Å². The van der Waals surface area contributed by atoms with Crippen LogP contribution in [0.25, 0.3) is 5.69 Å². The van der Waals surface area contributed by atoms with Gasteiger partial charge in [-0.2, -0.15) is 9.90 Å². The van der Waals surface area contributed by atoms with E-state index in [9.17, 15) is 9.59 Å². The molecule has 7 nitrogen and oxygen atoms in total. The molecule has 1 amide bonds. The molecular weight excluding hydrogens is 380 g/mol. The fraction of sp³-hybridized carbons (Fsp3) is 0.304. The number of esters is 1. The van der Waals surface area contributed by atoms with Crippen LogP contribution in [-0.4, -0.2) is 33.0 Å². The van der Waals surface area contributed by atoms with Crippen molar-refractivity contribution in [3.05, 3.63) is 77.1 Å². The highest BCUT2D eigenvalue weighted by atomic mass is 16.5. The lowest BCUT2D eigenvalue weighted by molar-refractivity contribution is -0.147. The maximum absolute atomic E-state index is 13.0. The zero-order valence-electron chi connectivity index (χ0n) is 17.6. The summed E-state index contributed by atoms with van der Waals surface area (Å²) in [6.07, 6.45) is -0.196. The molecule has 0 aliphatic rings. The van der Waals surface area contributed by atoms with Crippen molar-refractivity contribution in [2.75, 3.05) is 0 Å². The predicted octanol–water partition coefficient (Wildman–Crippen LogP) is 3.70. The first-order chi connectivity index (χ1) is 14.3. The number of ether oxygens (including phenoxy) is 1. The topological polar surface area (TPSA) is 86.1 Å². The highest BCUT2D eigenvalue weighted by molar-refractivity contribution is 5.93. The summed E-state index contributed by atoms with van der Waals surface area (Å²) in [5.41, 5.74) is 3.39. The number of benzene rings is 2. The summed E-state index contributed by atoms with van der Waals surface area (Å²) in [5, 5.41) is 11.6. The highest BCUT2D eigenvalue weighted by Gasteiger charge is 2.24. The molecule has 0 aliphatic carbocycles. The summed E-state index contributed by atoms with van der Waals surface area (Å²) in [6.45, 7) is 7.30. The van der Waals surface area contributed by atoms with Gasteiger partial charge >= 0.3 is 5.97 Å². The Balaban J connectivity index is 1.83. The van der Waals surface area contributed by atoms with E-state index >= 15 is 0 Å². The molecular formula is C23H26N4O3. The van der Waals surface area contributed by atoms with Gasteiger partial charge in [0.25, 0.3) is 5.91 Å². The van der Waals surface area contributed by atoms with Crippen molar-refractivity contribution >= 4 is 11.9 Å². The van der Waals surface area contributed by atoms with Crippen molar-refractivity contribution in [1.82, 2.24) is 20.3 Å². The third-order valence-corrected chi connectivity index (χ3v) is 4.51. The lowest BCUT2D eigenvalue weighted by Gasteiger charge is -2.19. The minimum Gasteiger partial charge on any atom is -0.463 e. The number of carbonyl (C=O) groups excluding carboxylic acids is 2. The summed E-state index contributed by atoms with van der Waals surface area (Å²) >= 11 is 0.